The summed E-state index contributed by atoms with van der Waals surface area (Å²) in [5.41, 5.74) is 1.03. The van der Waals surface area contributed by atoms with Gasteiger partial charge >= 0.3 is 0 Å². The van der Waals surface area contributed by atoms with Crippen molar-refractivity contribution in [1.82, 2.24) is 5.32 Å². The van der Waals surface area contributed by atoms with Crippen LogP contribution >= 0.6 is 35.1 Å². The molecule has 32 heavy (non-hydrogen) atoms. The van der Waals surface area contributed by atoms with Gasteiger partial charge in [-0.25, -0.2) is 0 Å². The fourth-order valence-corrected chi connectivity index (χ4v) is 5.85. The Morgan fingerprint density at radius 1 is 1.00 bits per heavy atom. The topological polar surface area (TPSA) is 72.5 Å². The molecule has 1 N–H and O–H groups in total. The summed E-state index contributed by atoms with van der Waals surface area (Å²) in [4.78, 5) is 36.4. The molecule has 0 saturated carbocycles. The van der Waals surface area contributed by atoms with E-state index in [1.54, 1.807) is 12.1 Å². The van der Waals surface area contributed by atoms with E-state index in [4.69, 9.17) is 16.3 Å². The number of thioether (sulfide) groups is 2. The van der Waals surface area contributed by atoms with Gasteiger partial charge < -0.3 is 10.1 Å². The number of fused-ring (bicyclic) bond motifs is 2. The van der Waals surface area contributed by atoms with Crippen LogP contribution in [0.3, 0.4) is 0 Å². The Bertz CT molecular complexity index is 1060. The molecule has 5 nitrogen and oxygen atoms in total. The Kier molecular flexibility index (Phi) is 7.40. The molecule has 3 aliphatic rings. The van der Waals surface area contributed by atoms with E-state index in [1.165, 1.54) is 23.5 Å². The van der Waals surface area contributed by atoms with Crippen molar-refractivity contribution in [3.63, 3.8) is 0 Å². The van der Waals surface area contributed by atoms with Gasteiger partial charge in [-0.3, -0.25) is 14.4 Å². The lowest BCUT2D eigenvalue weighted by atomic mass is 9.90. The maximum atomic E-state index is 12.3. The highest BCUT2D eigenvalue weighted by molar-refractivity contribution is 8.04. The minimum absolute atomic E-state index is 0.206. The van der Waals surface area contributed by atoms with Crippen molar-refractivity contribution in [1.29, 1.82) is 0 Å². The first-order valence-electron chi connectivity index (χ1n) is 10.3. The quantitative estimate of drug-likeness (QED) is 0.387. The molecule has 2 aromatic rings. The Morgan fingerprint density at radius 2 is 1.66 bits per heavy atom. The molecule has 0 radical (unpaired) electrons. The number of halogens is 1. The van der Waals surface area contributed by atoms with E-state index >= 15 is 0 Å². The van der Waals surface area contributed by atoms with Crippen LogP contribution < -0.4 is 5.32 Å². The Balaban J connectivity index is 0.000000189. The van der Waals surface area contributed by atoms with E-state index in [-0.39, 0.29) is 10.8 Å². The van der Waals surface area contributed by atoms with Gasteiger partial charge in [-0.05, 0) is 36.8 Å². The van der Waals surface area contributed by atoms with Crippen LogP contribution in [0, 0.1) is 0 Å². The second-order valence-corrected chi connectivity index (χ2v) is 10.1. The van der Waals surface area contributed by atoms with Crippen LogP contribution in [-0.4, -0.2) is 47.0 Å². The van der Waals surface area contributed by atoms with Crippen LogP contribution in [-0.2, 0) is 14.3 Å². The number of piperidine rings is 1. The predicted molar refractivity (Wildman–Crippen MR) is 129 cm³/mol. The highest BCUT2D eigenvalue weighted by atomic mass is 35.5. The van der Waals surface area contributed by atoms with Gasteiger partial charge in [0.1, 0.15) is 16.3 Å². The lowest BCUT2D eigenvalue weighted by molar-refractivity contribution is -0.111. The van der Waals surface area contributed by atoms with Crippen LogP contribution in [0.4, 0.5) is 0 Å². The molecular formula is C24H22ClNO4S2. The van der Waals surface area contributed by atoms with Crippen molar-refractivity contribution in [3.8, 4) is 0 Å². The molecule has 1 spiro atoms. The molecule has 2 aromatic carbocycles. The first-order valence-corrected chi connectivity index (χ1v) is 12.7. The average Bonchev–Trinajstić information content (AvgIpc) is 2.83. The Hall–Kier alpha value is -2.06. The highest BCUT2D eigenvalue weighted by Crippen LogP contribution is 2.46. The third-order valence-electron chi connectivity index (χ3n) is 5.44. The smallest absolute Gasteiger partial charge is 0.243 e. The second kappa shape index (κ2) is 10.3. The first-order chi connectivity index (χ1) is 15.5. The predicted octanol–water partition coefficient (Wildman–Crippen LogP) is 4.55. The van der Waals surface area contributed by atoms with Crippen LogP contribution in [0.2, 0.25) is 0 Å². The SMILES string of the molecule is O=C(Cl)CSc1ccccc1.O=C1C(=O)c2ccccc2C2=C1SCC1(CCNCC1)O2. The molecule has 166 valence electrons. The molecule has 0 atom stereocenters. The third kappa shape index (κ3) is 5.12. The molecular weight excluding hydrogens is 466 g/mol. The van der Waals surface area contributed by atoms with E-state index in [0.717, 1.165) is 42.1 Å². The number of hydrogen-bond acceptors (Lipinski definition) is 7. The molecule has 0 amide bonds. The van der Waals surface area contributed by atoms with Gasteiger partial charge in [0.15, 0.2) is 0 Å². The van der Waals surface area contributed by atoms with Crippen molar-refractivity contribution in [2.24, 2.45) is 0 Å². The number of hydrogen-bond donors (Lipinski definition) is 1. The van der Waals surface area contributed by atoms with E-state index in [9.17, 15) is 14.4 Å². The number of ether oxygens (including phenoxy) is 1. The van der Waals surface area contributed by atoms with Gasteiger partial charge in [-0.1, -0.05) is 42.5 Å². The monoisotopic (exact) mass is 487 g/mol. The van der Waals surface area contributed by atoms with Gasteiger partial charge in [-0.15, -0.1) is 23.5 Å². The third-order valence-corrected chi connectivity index (χ3v) is 8.08. The number of allylic oxidation sites excluding steroid dienone is 1. The molecule has 0 bridgehead atoms. The molecule has 1 fully saturated rings. The maximum absolute atomic E-state index is 12.3. The number of nitrogens with one attached hydrogen (secondary N) is 1. The van der Waals surface area contributed by atoms with E-state index in [1.807, 2.05) is 42.5 Å². The van der Waals surface area contributed by atoms with Crippen LogP contribution in [0.1, 0.15) is 28.8 Å². The van der Waals surface area contributed by atoms with Crippen molar-refractivity contribution in [2.45, 2.75) is 23.3 Å². The highest BCUT2D eigenvalue weighted by Gasteiger charge is 2.44. The molecule has 5 rings (SSSR count). The second-order valence-electron chi connectivity index (χ2n) is 7.64. The lowest BCUT2D eigenvalue weighted by Crippen LogP contribution is -2.48. The van der Waals surface area contributed by atoms with Crippen molar-refractivity contribution < 1.29 is 19.1 Å². The summed E-state index contributed by atoms with van der Waals surface area (Å²) in [7, 11) is 0. The van der Waals surface area contributed by atoms with Crippen LogP contribution in [0.5, 0.6) is 0 Å². The van der Waals surface area contributed by atoms with Crippen molar-refractivity contribution in [2.75, 3.05) is 24.6 Å². The van der Waals surface area contributed by atoms with Gasteiger partial charge in [0.05, 0.1) is 5.75 Å². The first kappa shape index (κ1) is 23.1. The minimum atomic E-state index is -0.419. The number of Topliss-reactive ketones (excluding diaryl/α,β-unsaturated/α-hetero) is 2. The number of rotatable bonds is 3. The fraction of sp³-hybridized carbons (Fsp3) is 0.292. The summed E-state index contributed by atoms with van der Waals surface area (Å²) < 4.78 is 6.31. The Labute approximate surface area is 200 Å². The summed E-state index contributed by atoms with van der Waals surface area (Å²) in [5, 5.41) is 3.03. The number of benzene rings is 2. The van der Waals surface area contributed by atoms with Gasteiger partial charge in [-0.2, -0.15) is 0 Å². The van der Waals surface area contributed by atoms with Gasteiger partial charge in [0.25, 0.3) is 0 Å². The molecule has 1 aliphatic carbocycles. The molecule has 1 saturated heterocycles. The number of ketones is 2. The molecule has 2 heterocycles. The van der Waals surface area contributed by atoms with E-state index in [0.29, 0.717) is 22.0 Å². The maximum Gasteiger partial charge on any atom is 0.243 e. The zero-order valence-electron chi connectivity index (χ0n) is 17.3. The van der Waals surface area contributed by atoms with Crippen LogP contribution in [0.25, 0.3) is 5.76 Å². The van der Waals surface area contributed by atoms with E-state index < -0.39 is 11.6 Å². The minimum Gasteiger partial charge on any atom is -0.484 e. The van der Waals surface area contributed by atoms with E-state index in [2.05, 4.69) is 5.32 Å². The summed E-state index contributed by atoms with van der Waals surface area (Å²) >= 11 is 8.10. The van der Waals surface area contributed by atoms with Crippen molar-refractivity contribution in [3.05, 3.63) is 70.6 Å². The van der Waals surface area contributed by atoms with Crippen molar-refractivity contribution >= 4 is 57.7 Å². The molecule has 0 aromatic heterocycles. The number of carbonyl (C=O) groups excluding carboxylic acids is 3. The molecule has 2 aliphatic heterocycles. The van der Waals surface area contributed by atoms with Crippen LogP contribution in [0.15, 0.2) is 64.4 Å². The molecule has 0 unspecified atom stereocenters. The van der Waals surface area contributed by atoms with Gasteiger partial charge in [0.2, 0.25) is 16.8 Å². The molecule has 8 heteroatoms. The normalized spacial score (nSPS) is 18.8. The zero-order chi connectivity index (χ0) is 22.6. The fourth-order valence-electron chi connectivity index (χ4n) is 3.80. The number of carbonyl (C=O) groups is 3. The summed E-state index contributed by atoms with van der Waals surface area (Å²) in [5.74, 6) is 0.868. The lowest BCUT2D eigenvalue weighted by Gasteiger charge is -2.42. The van der Waals surface area contributed by atoms with Gasteiger partial charge in [0, 0.05) is 34.6 Å². The standard InChI is InChI=1S/C16H15NO3S.C8H7ClOS/c18-12-10-3-1-2-4-11(10)14-15(13(12)19)21-9-16(20-14)5-7-17-8-6-16;9-8(10)6-11-7-4-2-1-3-5-7/h1-4,17H,5-9H2;1-5H,6H2. The average molecular weight is 488 g/mol. The largest absolute Gasteiger partial charge is 0.484 e. The summed E-state index contributed by atoms with van der Waals surface area (Å²) in [6, 6.07) is 16.9. The Morgan fingerprint density at radius 3 is 2.34 bits per heavy atom. The zero-order valence-corrected chi connectivity index (χ0v) is 19.7. The summed E-state index contributed by atoms with van der Waals surface area (Å²) in [6.45, 7) is 1.86. The summed E-state index contributed by atoms with van der Waals surface area (Å²) in [6.07, 6.45) is 1.86.